The summed E-state index contributed by atoms with van der Waals surface area (Å²) in [4.78, 5) is 0. The van der Waals surface area contributed by atoms with Crippen LogP contribution in [0.5, 0.6) is 0 Å². The van der Waals surface area contributed by atoms with Crippen LogP contribution in [0.1, 0.15) is 6.42 Å². The van der Waals surface area contributed by atoms with Crippen LogP contribution in [0.15, 0.2) is 170 Å². The summed E-state index contributed by atoms with van der Waals surface area (Å²) in [5, 5.41) is 16.9. The monoisotopic (exact) mass is 612 g/mol. The van der Waals surface area contributed by atoms with Gasteiger partial charge in [0.1, 0.15) is 0 Å². The fourth-order valence-corrected chi connectivity index (χ4v) is 12.6. The lowest BCUT2D eigenvalue weighted by Gasteiger charge is -2.25. The van der Waals surface area contributed by atoms with Gasteiger partial charge in [0.25, 0.3) is 0 Å². The van der Waals surface area contributed by atoms with Gasteiger partial charge in [0.05, 0.1) is 0 Å². The summed E-state index contributed by atoms with van der Waals surface area (Å²) in [6.07, 6.45) is 3.48. The first-order valence-corrected chi connectivity index (χ1v) is 18.9. The van der Waals surface area contributed by atoms with Crippen LogP contribution in [0.3, 0.4) is 0 Å². The molecule has 0 heterocycles. The molecule has 0 unspecified atom stereocenters. The van der Waals surface area contributed by atoms with Crippen LogP contribution >= 0.6 is 15.8 Å². The van der Waals surface area contributed by atoms with Gasteiger partial charge >= 0.3 is 0 Å². The fourth-order valence-electron chi connectivity index (χ4n) is 6.90. The van der Waals surface area contributed by atoms with Crippen LogP contribution in [0.4, 0.5) is 0 Å². The van der Waals surface area contributed by atoms with Crippen molar-refractivity contribution in [3.8, 4) is 0 Å². The maximum Gasteiger partial charge on any atom is -0.0104 e. The number of rotatable bonds is 8. The molecule has 0 aliphatic rings. The second-order valence-corrected chi connectivity index (χ2v) is 16.2. The van der Waals surface area contributed by atoms with Gasteiger partial charge in [0.2, 0.25) is 0 Å². The first-order valence-electron chi connectivity index (χ1n) is 15.8. The maximum absolute atomic E-state index is 2.40. The second-order valence-electron chi connectivity index (χ2n) is 11.6. The van der Waals surface area contributed by atoms with Crippen LogP contribution in [0.25, 0.3) is 43.1 Å². The molecular weight excluding hydrogens is 578 g/mol. The summed E-state index contributed by atoms with van der Waals surface area (Å²) in [6, 6.07) is 63.4. The highest BCUT2D eigenvalue weighted by Crippen LogP contribution is 2.44. The Balaban J connectivity index is 1.23. The van der Waals surface area contributed by atoms with Gasteiger partial charge in [-0.1, -0.05) is 170 Å². The van der Waals surface area contributed by atoms with Crippen molar-refractivity contribution >= 4 is 80.2 Å². The molecule has 0 atom stereocenters. The standard InChI is InChI=1S/C43H34P2/c1-5-22-36-32(14-1)18-9-26-40(36)44(41-27-10-19-33-15-2-6-23-37(33)41)30-13-31-45(42-28-11-20-34-16-3-7-24-38(34)42)43-29-12-21-35-17-4-8-25-39(35)43/h1-12,14-29H,13,30-31H2. The van der Waals surface area contributed by atoms with Gasteiger partial charge < -0.3 is 0 Å². The van der Waals surface area contributed by atoms with Crippen molar-refractivity contribution in [3.63, 3.8) is 0 Å². The van der Waals surface area contributed by atoms with Crippen molar-refractivity contribution in [3.05, 3.63) is 170 Å². The maximum atomic E-state index is 2.40. The van der Waals surface area contributed by atoms with Crippen molar-refractivity contribution in [1.82, 2.24) is 0 Å². The third-order valence-corrected chi connectivity index (χ3v) is 14.4. The molecule has 0 aliphatic heterocycles. The molecule has 0 saturated carbocycles. The molecular formula is C43H34P2. The van der Waals surface area contributed by atoms with Crippen LogP contribution in [0, 0.1) is 0 Å². The average molecular weight is 613 g/mol. The van der Waals surface area contributed by atoms with Gasteiger partial charge in [-0.3, -0.25) is 0 Å². The molecule has 2 heteroatoms. The van der Waals surface area contributed by atoms with E-state index in [1.165, 1.54) is 64.3 Å². The van der Waals surface area contributed by atoms with Gasteiger partial charge in [-0.15, -0.1) is 0 Å². The number of hydrogen-bond acceptors (Lipinski definition) is 0. The molecule has 45 heavy (non-hydrogen) atoms. The molecule has 0 aromatic heterocycles. The molecule has 0 aliphatic carbocycles. The highest BCUT2D eigenvalue weighted by molar-refractivity contribution is 7.75. The van der Waals surface area contributed by atoms with Gasteiger partial charge in [0, 0.05) is 0 Å². The number of hydrogen-bond donors (Lipinski definition) is 0. The minimum atomic E-state index is -0.578. The predicted octanol–water partition coefficient (Wildman–Crippen LogP) is 10.3. The highest BCUT2D eigenvalue weighted by Gasteiger charge is 2.22. The lowest BCUT2D eigenvalue weighted by molar-refractivity contribution is 1.11. The average Bonchev–Trinajstić information content (AvgIpc) is 3.11. The Morgan fingerprint density at radius 2 is 0.511 bits per heavy atom. The molecule has 0 nitrogen and oxygen atoms in total. The largest absolute Gasteiger partial charge is 0.0616 e. The Morgan fingerprint density at radius 1 is 0.267 bits per heavy atom. The summed E-state index contributed by atoms with van der Waals surface area (Å²) >= 11 is 0. The van der Waals surface area contributed by atoms with Gasteiger partial charge in [-0.2, -0.15) is 0 Å². The Morgan fingerprint density at radius 3 is 0.800 bits per heavy atom. The molecule has 0 N–H and O–H groups in total. The highest BCUT2D eigenvalue weighted by atomic mass is 31.1. The normalized spacial score (nSPS) is 11.8. The molecule has 0 fully saturated rings. The van der Waals surface area contributed by atoms with E-state index in [9.17, 15) is 0 Å². The molecule has 0 saturated heterocycles. The van der Waals surface area contributed by atoms with Gasteiger partial charge in [0.15, 0.2) is 0 Å². The molecule has 0 spiro atoms. The van der Waals surface area contributed by atoms with Crippen molar-refractivity contribution in [2.24, 2.45) is 0 Å². The van der Waals surface area contributed by atoms with E-state index in [1.54, 1.807) is 0 Å². The minimum absolute atomic E-state index is 0.578. The van der Waals surface area contributed by atoms with E-state index in [0.29, 0.717) is 0 Å². The Labute approximate surface area is 267 Å². The molecule has 0 amide bonds. The molecule has 0 radical (unpaired) electrons. The van der Waals surface area contributed by atoms with Crippen molar-refractivity contribution < 1.29 is 0 Å². The van der Waals surface area contributed by atoms with Gasteiger partial charge in [-0.05, 0) is 98.9 Å². The predicted molar refractivity (Wildman–Crippen MR) is 203 cm³/mol. The molecule has 216 valence electrons. The van der Waals surface area contributed by atoms with E-state index in [4.69, 9.17) is 0 Å². The zero-order valence-electron chi connectivity index (χ0n) is 25.2. The second kappa shape index (κ2) is 12.6. The third kappa shape index (κ3) is 5.44. The first-order chi connectivity index (χ1) is 22.3. The summed E-state index contributed by atoms with van der Waals surface area (Å²) in [6.45, 7) is 0. The van der Waals surface area contributed by atoms with Crippen LogP contribution in [-0.2, 0) is 0 Å². The minimum Gasteiger partial charge on any atom is -0.0616 e. The molecule has 8 rings (SSSR count). The molecule has 0 bridgehead atoms. The van der Waals surface area contributed by atoms with Crippen molar-refractivity contribution in [2.75, 3.05) is 12.3 Å². The lowest BCUT2D eigenvalue weighted by Crippen LogP contribution is -2.19. The zero-order chi connectivity index (χ0) is 30.0. The quantitative estimate of drug-likeness (QED) is 0.150. The first kappa shape index (κ1) is 28.2. The van der Waals surface area contributed by atoms with E-state index in [-0.39, 0.29) is 0 Å². The summed E-state index contributed by atoms with van der Waals surface area (Å²) < 4.78 is 0. The van der Waals surface area contributed by atoms with E-state index < -0.39 is 15.8 Å². The van der Waals surface area contributed by atoms with Crippen LogP contribution in [-0.4, -0.2) is 12.3 Å². The summed E-state index contributed by atoms with van der Waals surface area (Å²) in [7, 11) is -1.16. The summed E-state index contributed by atoms with van der Waals surface area (Å²) in [5.41, 5.74) is 0. The van der Waals surface area contributed by atoms with E-state index >= 15 is 0 Å². The molecule has 8 aromatic carbocycles. The van der Waals surface area contributed by atoms with Crippen molar-refractivity contribution in [2.45, 2.75) is 6.42 Å². The Bertz CT molecular complexity index is 1940. The van der Waals surface area contributed by atoms with E-state index in [0.717, 1.165) is 18.7 Å². The van der Waals surface area contributed by atoms with E-state index in [2.05, 4.69) is 170 Å². The van der Waals surface area contributed by atoms with Crippen molar-refractivity contribution in [1.29, 1.82) is 0 Å². The van der Waals surface area contributed by atoms with Crippen LogP contribution < -0.4 is 21.2 Å². The Hall–Kier alpha value is -4.34. The topological polar surface area (TPSA) is 0 Å². The molecule has 8 aromatic rings. The Kier molecular flexibility index (Phi) is 7.87. The lowest BCUT2D eigenvalue weighted by atomic mass is 10.1. The number of benzene rings is 8. The van der Waals surface area contributed by atoms with Gasteiger partial charge in [-0.25, -0.2) is 0 Å². The smallest absolute Gasteiger partial charge is 0.0104 e. The SMILES string of the molecule is c1ccc2c(P(CCCP(c3cccc4ccccc34)c3cccc4ccccc34)c3cccc4ccccc34)cccc2c1. The third-order valence-electron chi connectivity index (χ3n) is 8.99. The zero-order valence-corrected chi connectivity index (χ0v) is 27.0. The van der Waals surface area contributed by atoms with Crippen LogP contribution in [0.2, 0.25) is 0 Å². The number of fused-ring (bicyclic) bond motifs is 4. The fraction of sp³-hybridized carbons (Fsp3) is 0.0698. The van der Waals surface area contributed by atoms with E-state index in [1.807, 2.05) is 0 Å². The summed E-state index contributed by atoms with van der Waals surface area (Å²) in [5.74, 6) is 0.